The molecule has 0 spiro atoms. The quantitative estimate of drug-likeness (QED) is 0.180. The lowest BCUT2D eigenvalue weighted by atomic mass is 10.1. The number of benzene rings is 2. The second-order valence-corrected chi connectivity index (χ2v) is 6.61. The fraction of sp³-hybridized carbons (Fsp3) is 0.435. The Balaban J connectivity index is 0.00000450. The molecule has 0 aromatic heterocycles. The molecule has 0 heterocycles. The number of guanidine groups is 1. The van der Waals surface area contributed by atoms with Gasteiger partial charge in [-0.15, -0.1) is 24.0 Å². The van der Waals surface area contributed by atoms with Gasteiger partial charge in [-0.1, -0.05) is 54.6 Å². The van der Waals surface area contributed by atoms with Gasteiger partial charge in [0.25, 0.3) is 0 Å². The van der Waals surface area contributed by atoms with Crippen LogP contribution in [0, 0.1) is 0 Å². The first-order valence-corrected chi connectivity index (χ1v) is 10.0. The second-order valence-electron chi connectivity index (χ2n) is 6.61. The fourth-order valence-electron chi connectivity index (χ4n) is 2.72. The van der Waals surface area contributed by atoms with Crippen molar-refractivity contribution < 1.29 is 14.2 Å². The second kappa shape index (κ2) is 17.0. The van der Waals surface area contributed by atoms with Crippen LogP contribution in [0.4, 0.5) is 0 Å². The third-order valence-corrected chi connectivity index (χ3v) is 4.24. The van der Waals surface area contributed by atoms with Crippen LogP contribution in [0.1, 0.15) is 23.1 Å². The molecule has 0 aliphatic rings. The molecular weight excluding hydrogens is 493 g/mol. The minimum absolute atomic E-state index is 0. The molecular formula is C23H34IN3O3. The van der Waals surface area contributed by atoms with Crippen molar-refractivity contribution in [2.45, 2.75) is 26.2 Å². The molecule has 30 heavy (non-hydrogen) atoms. The zero-order chi connectivity index (χ0) is 20.6. The Hall–Kier alpha value is -1.68. The van der Waals surface area contributed by atoms with Crippen molar-refractivity contribution >= 4 is 29.9 Å². The van der Waals surface area contributed by atoms with Crippen LogP contribution < -0.4 is 10.6 Å². The first kappa shape index (κ1) is 26.4. The van der Waals surface area contributed by atoms with E-state index in [1.807, 2.05) is 18.2 Å². The van der Waals surface area contributed by atoms with Crippen LogP contribution in [0.25, 0.3) is 0 Å². The molecule has 0 radical (unpaired) electrons. The van der Waals surface area contributed by atoms with E-state index >= 15 is 0 Å². The molecule has 2 rings (SSSR count). The summed E-state index contributed by atoms with van der Waals surface area (Å²) >= 11 is 0. The van der Waals surface area contributed by atoms with Gasteiger partial charge in [-0.3, -0.25) is 4.99 Å². The van der Waals surface area contributed by atoms with E-state index in [0.717, 1.165) is 24.5 Å². The Labute approximate surface area is 197 Å². The zero-order valence-electron chi connectivity index (χ0n) is 17.9. The Kier molecular flexibility index (Phi) is 15.0. The molecule has 0 bridgehead atoms. The SMILES string of the molecule is CN=C(NCCCOCCOC)NCc1cccc(COCc2ccccc2)c1.I. The maximum Gasteiger partial charge on any atom is 0.191 e. The van der Waals surface area contributed by atoms with Crippen LogP contribution in [0.2, 0.25) is 0 Å². The van der Waals surface area contributed by atoms with Gasteiger partial charge in [-0.2, -0.15) is 0 Å². The molecule has 0 fully saturated rings. The van der Waals surface area contributed by atoms with Crippen LogP contribution in [0.5, 0.6) is 0 Å². The molecule has 0 aliphatic carbocycles. The molecule has 0 unspecified atom stereocenters. The van der Waals surface area contributed by atoms with Crippen molar-refractivity contribution in [1.82, 2.24) is 10.6 Å². The van der Waals surface area contributed by atoms with Gasteiger partial charge in [0.05, 0.1) is 26.4 Å². The van der Waals surface area contributed by atoms with Crippen LogP contribution in [0.15, 0.2) is 59.6 Å². The van der Waals surface area contributed by atoms with E-state index in [0.29, 0.717) is 39.6 Å². The third kappa shape index (κ3) is 11.5. The molecule has 0 atom stereocenters. The Bertz CT molecular complexity index is 714. The highest BCUT2D eigenvalue weighted by atomic mass is 127. The lowest BCUT2D eigenvalue weighted by Crippen LogP contribution is -2.37. The number of aliphatic imine (C=N–C) groups is 1. The van der Waals surface area contributed by atoms with Crippen molar-refractivity contribution in [3.63, 3.8) is 0 Å². The van der Waals surface area contributed by atoms with Crippen LogP contribution in [0.3, 0.4) is 0 Å². The van der Waals surface area contributed by atoms with Crippen LogP contribution in [-0.4, -0.2) is 46.5 Å². The molecule has 6 nitrogen and oxygen atoms in total. The van der Waals surface area contributed by atoms with Crippen molar-refractivity contribution in [1.29, 1.82) is 0 Å². The van der Waals surface area contributed by atoms with Crippen molar-refractivity contribution in [2.24, 2.45) is 4.99 Å². The number of nitrogens with zero attached hydrogens (tertiary/aromatic N) is 1. The van der Waals surface area contributed by atoms with Gasteiger partial charge in [0.2, 0.25) is 0 Å². The number of nitrogens with one attached hydrogen (secondary N) is 2. The minimum atomic E-state index is 0. The van der Waals surface area contributed by atoms with E-state index in [1.165, 1.54) is 11.1 Å². The van der Waals surface area contributed by atoms with Crippen LogP contribution >= 0.6 is 24.0 Å². The number of halogens is 1. The van der Waals surface area contributed by atoms with E-state index in [4.69, 9.17) is 14.2 Å². The maximum absolute atomic E-state index is 5.83. The van der Waals surface area contributed by atoms with E-state index in [9.17, 15) is 0 Å². The van der Waals surface area contributed by atoms with Gasteiger partial charge >= 0.3 is 0 Å². The number of ether oxygens (including phenoxy) is 3. The number of rotatable bonds is 13. The highest BCUT2D eigenvalue weighted by Crippen LogP contribution is 2.09. The first-order chi connectivity index (χ1) is 14.3. The Morgan fingerprint density at radius 2 is 1.57 bits per heavy atom. The Morgan fingerprint density at radius 3 is 2.33 bits per heavy atom. The monoisotopic (exact) mass is 527 g/mol. The summed E-state index contributed by atoms with van der Waals surface area (Å²) < 4.78 is 16.2. The summed E-state index contributed by atoms with van der Waals surface area (Å²) in [6, 6.07) is 18.6. The Morgan fingerprint density at radius 1 is 0.833 bits per heavy atom. The maximum atomic E-state index is 5.83. The van der Waals surface area contributed by atoms with Gasteiger partial charge in [0.1, 0.15) is 0 Å². The average molecular weight is 527 g/mol. The lowest BCUT2D eigenvalue weighted by molar-refractivity contribution is 0.0698. The number of hydrogen-bond donors (Lipinski definition) is 2. The minimum Gasteiger partial charge on any atom is -0.382 e. The predicted octanol–water partition coefficient (Wildman–Crippen LogP) is 3.74. The smallest absolute Gasteiger partial charge is 0.191 e. The highest BCUT2D eigenvalue weighted by Gasteiger charge is 2.01. The summed E-state index contributed by atoms with van der Waals surface area (Å²) in [4.78, 5) is 4.26. The first-order valence-electron chi connectivity index (χ1n) is 10.0. The van der Waals surface area contributed by atoms with E-state index in [-0.39, 0.29) is 24.0 Å². The lowest BCUT2D eigenvalue weighted by Gasteiger charge is -2.13. The van der Waals surface area contributed by atoms with E-state index in [2.05, 4.69) is 52.0 Å². The average Bonchev–Trinajstić information content (AvgIpc) is 2.76. The van der Waals surface area contributed by atoms with Gasteiger partial charge in [0, 0.05) is 33.9 Å². The summed E-state index contributed by atoms with van der Waals surface area (Å²) in [5, 5.41) is 6.64. The molecule has 7 heteroatoms. The van der Waals surface area contributed by atoms with Crippen LogP contribution in [-0.2, 0) is 34.0 Å². The van der Waals surface area contributed by atoms with Crippen molar-refractivity contribution in [3.05, 3.63) is 71.3 Å². The van der Waals surface area contributed by atoms with Gasteiger partial charge in [-0.05, 0) is 23.1 Å². The molecule has 0 saturated carbocycles. The van der Waals surface area contributed by atoms with E-state index < -0.39 is 0 Å². The molecule has 0 saturated heterocycles. The predicted molar refractivity (Wildman–Crippen MR) is 132 cm³/mol. The van der Waals surface area contributed by atoms with Gasteiger partial charge in [-0.25, -0.2) is 0 Å². The highest BCUT2D eigenvalue weighted by molar-refractivity contribution is 14.0. The molecule has 0 amide bonds. The van der Waals surface area contributed by atoms with Gasteiger partial charge < -0.3 is 24.8 Å². The summed E-state index contributed by atoms with van der Waals surface area (Å²) in [6.07, 6.45) is 0.915. The topological polar surface area (TPSA) is 64.1 Å². The molecule has 2 aromatic carbocycles. The zero-order valence-corrected chi connectivity index (χ0v) is 20.3. The van der Waals surface area contributed by atoms with E-state index in [1.54, 1.807) is 14.2 Å². The standard InChI is InChI=1S/C23H33N3O3.HI/c1-24-23(25-12-7-13-28-15-14-27-2)26-17-21-10-6-11-22(16-21)19-29-18-20-8-4-3-5-9-20;/h3-6,8-11,16H,7,12-15,17-19H2,1-2H3,(H2,24,25,26);1H. The molecule has 2 N–H and O–H groups in total. The largest absolute Gasteiger partial charge is 0.382 e. The summed E-state index contributed by atoms with van der Waals surface area (Å²) in [6.45, 7) is 4.70. The molecule has 0 aliphatic heterocycles. The summed E-state index contributed by atoms with van der Waals surface area (Å²) in [7, 11) is 3.45. The normalized spacial score (nSPS) is 11.1. The van der Waals surface area contributed by atoms with Crippen molar-refractivity contribution in [3.8, 4) is 0 Å². The third-order valence-electron chi connectivity index (χ3n) is 4.24. The number of hydrogen-bond acceptors (Lipinski definition) is 4. The van der Waals surface area contributed by atoms with Gasteiger partial charge in [0.15, 0.2) is 5.96 Å². The van der Waals surface area contributed by atoms with Crippen molar-refractivity contribution in [2.75, 3.05) is 40.5 Å². The fourth-order valence-corrected chi connectivity index (χ4v) is 2.72. The number of methoxy groups -OCH3 is 1. The summed E-state index contributed by atoms with van der Waals surface area (Å²) in [5.74, 6) is 0.785. The summed E-state index contributed by atoms with van der Waals surface area (Å²) in [5.41, 5.74) is 3.54. The molecule has 2 aromatic rings. The molecule has 166 valence electrons.